The molecule has 0 unspecified atom stereocenters. The Balaban J connectivity index is 2.70. The number of aromatic nitrogens is 2. The molecule has 0 aliphatic rings. The fourth-order valence-electron chi connectivity index (χ4n) is 1.73. The van der Waals surface area contributed by atoms with Crippen LogP contribution in [0, 0.1) is 12.7 Å². The lowest BCUT2D eigenvalue weighted by molar-refractivity contribution is 0.620. The van der Waals surface area contributed by atoms with Gasteiger partial charge in [0.25, 0.3) is 0 Å². The van der Waals surface area contributed by atoms with Crippen molar-refractivity contribution in [1.82, 2.24) is 9.55 Å². The van der Waals surface area contributed by atoms with Gasteiger partial charge in [0.15, 0.2) is 0 Å². The molecule has 1 aromatic carbocycles. The SMILES string of the molecule is CCCn1c(N)nc2cc(F)c(C)cc21. The zero-order valence-electron chi connectivity index (χ0n) is 8.92. The van der Waals surface area contributed by atoms with Gasteiger partial charge in [-0.3, -0.25) is 0 Å². The summed E-state index contributed by atoms with van der Waals surface area (Å²) in [6.07, 6.45) is 0.978. The molecule has 3 nitrogen and oxygen atoms in total. The fourth-order valence-corrected chi connectivity index (χ4v) is 1.73. The summed E-state index contributed by atoms with van der Waals surface area (Å²) in [5, 5.41) is 0. The number of benzene rings is 1. The van der Waals surface area contributed by atoms with Crippen LogP contribution in [0.1, 0.15) is 18.9 Å². The molecule has 0 radical (unpaired) electrons. The van der Waals surface area contributed by atoms with Crippen LogP contribution >= 0.6 is 0 Å². The number of nitrogens with zero attached hydrogens (tertiary/aromatic N) is 2. The predicted octanol–water partition coefficient (Wildman–Crippen LogP) is 2.48. The van der Waals surface area contributed by atoms with E-state index in [2.05, 4.69) is 11.9 Å². The van der Waals surface area contributed by atoms with Gasteiger partial charge in [0.2, 0.25) is 5.95 Å². The monoisotopic (exact) mass is 207 g/mol. The summed E-state index contributed by atoms with van der Waals surface area (Å²) in [4.78, 5) is 4.13. The normalized spacial score (nSPS) is 11.1. The molecule has 4 heteroatoms. The third kappa shape index (κ3) is 1.56. The third-order valence-electron chi connectivity index (χ3n) is 2.51. The van der Waals surface area contributed by atoms with Gasteiger partial charge < -0.3 is 10.3 Å². The van der Waals surface area contributed by atoms with Crippen molar-refractivity contribution >= 4 is 17.0 Å². The van der Waals surface area contributed by atoms with Crippen LogP contribution in [-0.4, -0.2) is 9.55 Å². The maximum absolute atomic E-state index is 13.3. The highest BCUT2D eigenvalue weighted by molar-refractivity contribution is 5.79. The molecule has 2 aromatic rings. The molecule has 1 aromatic heterocycles. The number of rotatable bonds is 2. The first-order chi connectivity index (χ1) is 7.13. The second kappa shape index (κ2) is 3.53. The number of halogens is 1. The number of nitrogen functional groups attached to an aromatic ring is 1. The van der Waals surface area contributed by atoms with Gasteiger partial charge in [0.1, 0.15) is 5.82 Å². The summed E-state index contributed by atoms with van der Waals surface area (Å²) in [6.45, 7) is 4.63. The van der Waals surface area contributed by atoms with Crippen LogP contribution in [0.2, 0.25) is 0 Å². The van der Waals surface area contributed by atoms with E-state index in [1.165, 1.54) is 6.07 Å². The minimum Gasteiger partial charge on any atom is -0.369 e. The van der Waals surface area contributed by atoms with E-state index in [0.29, 0.717) is 17.0 Å². The molecule has 1 heterocycles. The molecule has 0 spiro atoms. The van der Waals surface area contributed by atoms with Crippen molar-refractivity contribution in [2.75, 3.05) is 5.73 Å². The lowest BCUT2D eigenvalue weighted by Gasteiger charge is -2.04. The van der Waals surface area contributed by atoms with Gasteiger partial charge >= 0.3 is 0 Å². The Hall–Kier alpha value is -1.58. The topological polar surface area (TPSA) is 43.8 Å². The van der Waals surface area contributed by atoms with Gasteiger partial charge in [-0.05, 0) is 25.0 Å². The molecule has 0 fully saturated rings. The van der Waals surface area contributed by atoms with E-state index >= 15 is 0 Å². The zero-order valence-corrected chi connectivity index (χ0v) is 8.92. The number of hydrogen-bond donors (Lipinski definition) is 1. The molecule has 0 saturated carbocycles. The van der Waals surface area contributed by atoms with Gasteiger partial charge in [-0.1, -0.05) is 6.92 Å². The summed E-state index contributed by atoms with van der Waals surface area (Å²) in [6, 6.07) is 3.23. The van der Waals surface area contributed by atoms with E-state index in [4.69, 9.17) is 5.73 Å². The Kier molecular flexibility index (Phi) is 2.34. The van der Waals surface area contributed by atoms with Gasteiger partial charge in [-0.2, -0.15) is 0 Å². The summed E-state index contributed by atoms with van der Waals surface area (Å²) in [7, 11) is 0. The Morgan fingerprint density at radius 1 is 1.47 bits per heavy atom. The van der Waals surface area contributed by atoms with Gasteiger partial charge in [-0.15, -0.1) is 0 Å². The first kappa shape index (κ1) is 9.96. The van der Waals surface area contributed by atoms with Crippen LogP contribution in [0.4, 0.5) is 10.3 Å². The first-order valence-corrected chi connectivity index (χ1v) is 5.05. The summed E-state index contributed by atoms with van der Waals surface area (Å²) < 4.78 is 15.2. The number of aryl methyl sites for hydroxylation is 2. The van der Waals surface area contributed by atoms with Crippen molar-refractivity contribution in [3.63, 3.8) is 0 Å². The Bertz CT molecular complexity index is 502. The second-order valence-corrected chi connectivity index (χ2v) is 3.71. The highest BCUT2D eigenvalue weighted by Gasteiger charge is 2.09. The van der Waals surface area contributed by atoms with Crippen LogP contribution in [-0.2, 0) is 6.54 Å². The minimum absolute atomic E-state index is 0.233. The van der Waals surface area contributed by atoms with Crippen LogP contribution in [0.15, 0.2) is 12.1 Å². The molecule has 0 saturated heterocycles. The molecule has 0 atom stereocenters. The van der Waals surface area contributed by atoms with Crippen molar-refractivity contribution in [3.05, 3.63) is 23.5 Å². The van der Waals surface area contributed by atoms with E-state index < -0.39 is 0 Å². The summed E-state index contributed by atoms with van der Waals surface area (Å²) in [5.74, 6) is 0.223. The molecular formula is C11H14FN3. The van der Waals surface area contributed by atoms with Crippen molar-refractivity contribution in [2.24, 2.45) is 0 Å². The maximum Gasteiger partial charge on any atom is 0.201 e. The largest absolute Gasteiger partial charge is 0.369 e. The lowest BCUT2D eigenvalue weighted by Crippen LogP contribution is -2.02. The molecule has 15 heavy (non-hydrogen) atoms. The number of fused-ring (bicyclic) bond motifs is 1. The molecule has 0 amide bonds. The molecule has 0 bridgehead atoms. The quantitative estimate of drug-likeness (QED) is 0.822. The van der Waals surface area contributed by atoms with Gasteiger partial charge in [-0.25, -0.2) is 9.37 Å². The lowest BCUT2D eigenvalue weighted by atomic mass is 10.2. The first-order valence-electron chi connectivity index (χ1n) is 5.05. The van der Waals surface area contributed by atoms with E-state index in [9.17, 15) is 4.39 Å². The van der Waals surface area contributed by atoms with E-state index in [1.54, 1.807) is 13.0 Å². The number of imidazole rings is 1. The van der Waals surface area contributed by atoms with Gasteiger partial charge in [0, 0.05) is 12.6 Å². The van der Waals surface area contributed by atoms with Crippen LogP contribution in [0.5, 0.6) is 0 Å². The smallest absolute Gasteiger partial charge is 0.201 e. The maximum atomic E-state index is 13.3. The number of hydrogen-bond acceptors (Lipinski definition) is 2. The molecule has 80 valence electrons. The fraction of sp³-hybridized carbons (Fsp3) is 0.364. The van der Waals surface area contributed by atoms with E-state index in [-0.39, 0.29) is 5.82 Å². The highest BCUT2D eigenvalue weighted by Crippen LogP contribution is 2.21. The average Bonchev–Trinajstić information content (AvgIpc) is 2.46. The van der Waals surface area contributed by atoms with Crippen molar-refractivity contribution < 1.29 is 4.39 Å². The summed E-state index contributed by atoms with van der Waals surface area (Å²) in [5.41, 5.74) is 7.93. The average molecular weight is 207 g/mol. The van der Waals surface area contributed by atoms with E-state index in [1.807, 2.05) is 4.57 Å². The Labute approximate surface area is 87.7 Å². The Morgan fingerprint density at radius 3 is 2.87 bits per heavy atom. The Morgan fingerprint density at radius 2 is 2.20 bits per heavy atom. The minimum atomic E-state index is -0.233. The predicted molar refractivity (Wildman–Crippen MR) is 59.1 cm³/mol. The van der Waals surface area contributed by atoms with Crippen LogP contribution in [0.25, 0.3) is 11.0 Å². The highest BCUT2D eigenvalue weighted by atomic mass is 19.1. The zero-order chi connectivity index (χ0) is 11.0. The summed E-state index contributed by atoms with van der Waals surface area (Å²) >= 11 is 0. The van der Waals surface area contributed by atoms with Crippen molar-refractivity contribution in [3.8, 4) is 0 Å². The standard InChI is InChI=1S/C11H14FN3/c1-3-4-15-10-5-7(2)8(12)6-9(10)14-11(15)13/h5-6H,3-4H2,1-2H3,(H2,13,14). The molecule has 2 N–H and O–H groups in total. The van der Waals surface area contributed by atoms with Gasteiger partial charge in [0.05, 0.1) is 11.0 Å². The number of anilines is 1. The second-order valence-electron chi connectivity index (χ2n) is 3.71. The molecular weight excluding hydrogens is 193 g/mol. The third-order valence-corrected chi connectivity index (χ3v) is 2.51. The number of nitrogens with two attached hydrogens (primary N) is 1. The molecule has 0 aliphatic carbocycles. The molecule has 2 rings (SSSR count). The van der Waals surface area contributed by atoms with Crippen LogP contribution in [0.3, 0.4) is 0 Å². The van der Waals surface area contributed by atoms with E-state index in [0.717, 1.165) is 18.5 Å². The van der Waals surface area contributed by atoms with Crippen molar-refractivity contribution in [1.29, 1.82) is 0 Å². The van der Waals surface area contributed by atoms with Crippen molar-refractivity contribution in [2.45, 2.75) is 26.8 Å². The molecule has 0 aliphatic heterocycles. The van der Waals surface area contributed by atoms with Crippen LogP contribution < -0.4 is 5.73 Å².